The van der Waals surface area contributed by atoms with Crippen LogP contribution in [0.4, 0.5) is 0 Å². The number of thiocarbonyl (C=S) groups is 1. The second-order valence-corrected chi connectivity index (χ2v) is 5.96. The van der Waals surface area contributed by atoms with Crippen LogP contribution in [-0.2, 0) is 0 Å². The van der Waals surface area contributed by atoms with E-state index in [0.29, 0.717) is 10.6 Å². The number of benzene rings is 1. The largest absolute Gasteiger partial charge is 0.389 e. The first-order valence-corrected chi connectivity index (χ1v) is 7.13. The van der Waals surface area contributed by atoms with Gasteiger partial charge in [0, 0.05) is 16.7 Å². The van der Waals surface area contributed by atoms with Crippen LogP contribution in [0.5, 0.6) is 0 Å². The number of nitrogens with one attached hydrogen (secondary N) is 1. The molecule has 1 amide bonds. The van der Waals surface area contributed by atoms with Gasteiger partial charge in [0.25, 0.3) is 5.91 Å². The summed E-state index contributed by atoms with van der Waals surface area (Å²) in [5, 5.41) is 3.15. The molecular weight excluding hydrogens is 256 g/mol. The normalized spacial score (nSPS) is 17.7. The first-order valence-electron chi connectivity index (χ1n) is 6.73. The van der Waals surface area contributed by atoms with Crippen LogP contribution in [0.3, 0.4) is 0 Å². The molecule has 0 aromatic heterocycles. The van der Waals surface area contributed by atoms with Gasteiger partial charge >= 0.3 is 0 Å². The highest BCUT2D eigenvalue weighted by Crippen LogP contribution is 2.27. The molecule has 1 aliphatic rings. The Morgan fingerprint density at radius 1 is 1.26 bits per heavy atom. The lowest BCUT2D eigenvalue weighted by Crippen LogP contribution is -2.47. The van der Waals surface area contributed by atoms with Crippen LogP contribution < -0.4 is 11.1 Å². The average Bonchev–Trinajstić information content (AvgIpc) is 2.39. The van der Waals surface area contributed by atoms with E-state index in [2.05, 4.69) is 12.2 Å². The fourth-order valence-electron chi connectivity index (χ4n) is 2.62. The van der Waals surface area contributed by atoms with Crippen LogP contribution in [0, 0.1) is 0 Å². The molecule has 3 nitrogen and oxygen atoms in total. The Labute approximate surface area is 119 Å². The Balaban J connectivity index is 2.11. The van der Waals surface area contributed by atoms with Gasteiger partial charge in [0.2, 0.25) is 0 Å². The third-order valence-corrected chi connectivity index (χ3v) is 4.02. The van der Waals surface area contributed by atoms with E-state index in [1.54, 1.807) is 12.1 Å². The fraction of sp³-hybridized carbons (Fsp3) is 0.467. The van der Waals surface area contributed by atoms with Crippen molar-refractivity contribution in [2.24, 2.45) is 5.73 Å². The van der Waals surface area contributed by atoms with Gasteiger partial charge in [0.15, 0.2) is 0 Å². The monoisotopic (exact) mass is 276 g/mol. The number of carbonyl (C=O) groups is 1. The molecule has 0 unspecified atom stereocenters. The van der Waals surface area contributed by atoms with Gasteiger partial charge in [0.05, 0.1) is 0 Å². The summed E-state index contributed by atoms with van der Waals surface area (Å²) in [6, 6.07) is 7.18. The average molecular weight is 276 g/mol. The molecule has 1 saturated carbocycles. The summed E-state index contributed by atoms with van der Waals surface area (Å²) in [6.07, 6.45) is 5.73. The molecule has 0 saturated heterocycles. The fourth-order valence-corrected chi connectivity index (χ4v) is 2.74. The minimum atomic E-state index is -0.0748. The molecule has 4 heteroatoms. The predicted molar refractivity (Wildman–Crippen MR) is 81.3 cm³/mol. The van der Waals surface area contributed by atoms with Crippen molar-refractivity contribution in [3.8, 4) is 0 Å². The van der Waals surface area contributed by atoms with Gasteiger partial charge in [-0.2, -0.15) is 0 Å². The van der Waals surface area contributed by atoms with Gasteiger partial charge in [-0.05, 0) is 31.9 Å². The summed E-state index contributed by atoms with van der Waals surface area (Å²) in [5.74, 6) is -0.0394. The second kappa shape index (κ2) is 5.70. The van der Waals surface area contributed by atoms with Crippen LogP contribution in [0.15, 0.2) is 24.3 Å². The molecule has 1 aromatic carbocycles. The SMILES string of the molecule is CC1(NC(=O)c2cccc(C(N)=S)c2)CCCCC1. The molecule has 0 radical (unpaired) electrons. The Morgan fingerprint density at radius 3 is 2.53 bits per heavy atom. The van der Waals surface area contributed by atoms with Crippen molar-refractivity contribution < 1.29 is 4.79 Å². The Morgan fingerprint density at radius 2 is 1.89 bits per heavy atom. The van der Waals surface area contributed by atoms with Gasteiger partial charge in [-0.25, -0.2) is 0 Å². The van der Waals surface area contributed by atoms with Gasteiger partial charge < -0.3 is 11.1 Å². The van der Waals surface area contributed by atoms with Crippen LogP contribution in [0.2, 0.25) is 0 Å². The van der Waals surface area contributed by atoms with E-state index >= 15 is 0 Å². The maximum Gasteiger partial charge on any atom is 0.251 e. The van der Waals surface area contributed by atoms with Crippen molar-refractivity contribution in [2.45, 2.75) is 44.6 Å². The van der Waals surface area contributed by atoms with Crippen LogP contribution in [0.25, 0.3) is 0 Å². The number of amides is 1. The van der Waals surface area contributed by atoms with Gasteiger partial charge in [-0.1, -0.05) is 43.6 Å². The minimum absolute atomic E-state index is 0.0394. The predicted octanol–water partition coefficient (Wildman–Crippen LogP) is 2.77. The van der Waals surface area contributed by atoms with Crippen molar-refractivity contribution in [2.75, 3.05) is 0 Å². The lowest BCUT2D eigenvalue weighted by Gasteiger charge is -2.34. The highest BCUT2D eigenvalue weighted by atomic mass is 32.1. The zero-order chi connectivity index (χ0) is 13.9. The van der Waals surface area contributed by atoms with Gasteiger partial charge in [-0.3, -0.25) is 4.79 Å². The molecule has 1 aromatic rings. The van der Waals surface area contributed by atoms with E-state index in [-0.39, 0.29) is 11.4 Å². The summed E-state index contributed by atoms with van der Waals surface area (Å²) < 4.78 is 0. The van der Waals surface area contributed by atoms with Crippen LogP contribution in [-0.4, -0.2) is 16.4 Å². The minimum Gasteiger partial charge on any atom is -0.389 e. The van der Waals surface area contributed by atoms with E-state index < -0.39 is 0 Å². The third-order valence-electron chi connectivity index (χ3n) is 3.78. The smallest absolute Gasteiger partial charge is 0.251 e. The number of nitrogens with two attached hydrogens (primary N) is 1. The van der Waals surface area contributed by atoms with E-state index in [4.69, 9.17) is 18.0 Å². The lowest BCUT2D eigenvalue weighted by atomic mass is 9.83. The summed E-state index contributed by atoms with van der Waals surface area (Å²) in [7, 11) is 0. The number of hydrogen-bond donors (Lipinski definition) is 2. The standard InChI is InChI=1S/C15H20N2OS/c1-15(8-3-2-4-9-15)17-14(18)12-7-5-6-11(10-12)13(16)19/h5-7,10H,2-4,8-9H2,1H3,(H2,16,19)(H,17,18). The van der Waals surface area contributed by atoms with Gasteiger partial charge in [-0.15, -0.1) is 0 Å². The highest BCUT2D eigenvalue weighted by molar-refractivity contribution is 7.80. The number of hydrogen-bond acceptors (Lipinski definition) is 2. The molecule has 0 spiro atoms. The molecule has 102 valence electrons. The third kappa shape index (κ3) is 3.53. The molecule has 2 rings (SSSR count). The first kappa shape index (κ1) is 14.0. The van der Waals surface area contributed by atoms with E-state index in [1.807, 2.05) is 12.1 Å². The Kier molecular flexibility index (Phi) is 4.20. The summed E-state index contributed by atoms with van der Waals surface area (Å²) in [6.45, 7) is 2.13. The summed E-state index contributed by atoms with van der Waals surface area (Å²) in [5.41, 5.74) is 6.87. The second-order valence-electron chi connectivity index (χ2n) is 5.52. The summed E-state index contributed by atoms with van der Waals surface area (Å²) >= 11 is 4.94. The highest BCUT2D eigenvalue weighted by Gasteiger charge is 2.28. The quantitative estimate of drug-likeness (QED) is 0.835. The molecule has 1 fully saturated rings. The van der Waals surface area contributed by atoms with E-state index in [9.17, 15) is 4.79 Å². The zero-order valence-corrected chi connectivity index (χ0v) is 12.1. The van der Waals surface area contributed by atoms with Crippen molar-refractivity contribution in [3.05, 3.63) is 35.4 Å². The van der Waals surface area contributed by atoms with Crippen molar-refractivity contribution >= 4 is 23.1 Å². The molecule has 0 atom stereocenters. The Bertz CT molecular complexity index is 493. The number of carbonyl (C=O) groups excluding carboxylic acids is 1. The molecule has 0 bridgehead atoms. The molecular formula is C15H20N2OS. The van der Waals surface area contributed by atoms with Gasteiger partial charge in [0.1, 0.15) is 4.99 Å². The molecule has 1 aliphatic carbocycles. The van der Waals surface area contributed by atoms with Crippen LogP contribution in [0.1, 0.15) is 54.9 Å². The maximum atomic E-state index is 12.3. The van der Waals surface area contributed by atoms with Crippen LogP contribution >= 0.6 is 12.2 Å². The zero-order valence-electron chi connectivity index (χ0n) is 11.2. The molecule has 0 heterocycles. The van der Waals surface area contributed by atoms with Crippen molar-refractivity contribution in [1.29, 1.82) is 0 Å². The number of rotatable bonds is 3. The first-order chi connectivity index (χ1) is 9.00. The maximum absolute atomic E-state index is 12.3. The summed E-state index contributed by atoms with van der Waals surface area (Å²) in [4.78, 5) is 12.6. The lowest BCUT2D eigenvalue weighted by molar-refractivity contribution is 0.0882. The molecule has 3 N–H and O–H groups in total. The van der Waals surface area contributed by atoms with E-state index in [1.165, 1.54) is 19.3 Å². The Hall–Kier alpha value is -1.42. The molecule has 0 aliphatic heterocycles. The van der Waals surface area contributed by atoms with E-state index in [0.717, 1.165) is 18.4 Å². The topological polar surface area (TPSA) is 55.1 Å². The van der Waals surface area contributed by atoms with Crippen molar-refractivity contribution in [3.63, 3.8) is 0 Å². The molecule has 19 heavy (non-hydrogen) atoms. The van der Waals surface area contributed by atoms with Crippen molar-refractivity contribution in [1.82, 2.24) is 5.32 Å².